The third-order valence-electron chi connectivity index (χ3n) is 3.40. The number of rotatable bonds is 5. The van der Waals surface area contributed by atoms with E-state index in [2.05, 4.69) is 18.5 Å². The molecule has 1 rings (SSSR count). The third-order valence-corrected chi connectivity index (χ3v) is 4.02. The summed E-state index contributed by atoms with van der Waals surface area (Å²) in [6.45, 7) is 3.54. The van der Waals surface area contributed by atoms with E-state index in [4.69, 9.17) is 0 Å². The van der Waals surface area contributed by atoms with Crippen molar-refractivity contribution < 1.29 is 0 Å². The van der Waals surface area contributed by atoms with Gasteiger partial charge in [0.25, 0.3) is 0 Å². The van der Waals surface area contributed by atoms with Gasteiger partial charge in [-0.1, -0.05) is 26.2 Å². The highest BCUT2D eigenvalue weighted by molar-refractivity contribution is 7.98. The molecule has 0 aromatic rings. The molecule has 2 heteroatoms. The molecule has 0 heterocycles. The molecule has 1 N–H and O–H groups in total. The van der Waals surface area contributed by atoms with Gasteiger partial charge in [-0.3, -0.25) is 0 Å². The molecule has 0 spiro atoms. The molecule has 1 fully saturated rings. The first-order valence-corrected chi connectivity index (χ1v) is 7.48. The SMILES string of the molecule is CCC1CCCC(NCCSC)CC1. The first-order chi connectivity index (χ1) is 6.86. The fourth-order valence-electron chi connectivity index (χ4n) is 2.36. The van der Waals surface area contributed by atoms with Gasteiger partial charge in [-0.25, -0.2) is 0 Å². The van der Waals surface area contributed by atoms with Crippen LogP contribution in [-0.4, -0.2) is 24.6 Å². The molecule has 0 aliphatic heterocycles. The standard InChI is InChI=1S/C12H25NS/c1-3-11-5-4-6-12(8-7-11)13-9-10-14-2/h11-13H,3-10H2,1-2H3. The van der Waals surface area contributed by atoms with Crippen LogP contribution in [0.4, 0.5) is 0 Å². The van der Waals surface area contributed by atoms with E-state index in [0.717, 1.165) is 12.0 Å². The molecule has 0 aromatic heterocycles. The Morgan fingerprint density at radius 3 is 2.79 bits per heavy atom. The van der Waals surface area contributed by atoms with Crippen molar-refractivity contribution in [2.24, 2.45) is 5.92 Å². The van der Waals surface area contributed by atoms with Gasteiger partial charge in [-0.05, 0) is 31.4 Å². The summed E-state index contributed by atoms with van der Waals surface area (Å²) in [5, 5.41) is 3.69. The molecule has 2 atom stereocenters. The third kappa shape index (κ3) is 4.70. The van der Waals surface area contributed by atoms with Gasteiger partial charge in [0.15, 0.2) is 0 Å². The van der Waals surface area contributed by atoms with Gasteiger partial charge in [-0.15, -0.1) is 0 Å². The topological polar surface area (TPSA) is 12.0 Å². The second kappa shape index (κ2) is 7.58. The zero-order valence-electron chi connectivity index (χ0n) is 9.72. The minimum absolute atomic E-state index is 0.818. The Morgan fingerprint density at radius 1 is 1.21 bits per heavy atom. The van der Waals surface area contributed by atoms with Gasteiger partial charge in [0.05, 0.1) is 0 Å². The van der Waals surface area contributed by atoms with Gasteiger partial charge < -0.3 is 5.32 Å². The van der Waals surface area contributed by atoms with E-state index in [0.29, 0.717) is 0 Å². The van der Waals surface area contributed by atoms with Gasteiger partial charge in [0.2, 0.25) is 0 Å². The molecule has 1 saturated carbocycles. The Kier molecular flexibility index (Phi) is 6.70. The molecule has 0 saturated heterocycles. The van der Waals surface area contributed by atoms with Crippen LogP contribution in [0, 0.1) is 5.92 Å². The van der Waals surface area contributed by atoms with Crippen LogP contribution < -0.4 is 5.32 Å². The van der Waals surface area contributed by atoms with Gasteiger partial charge in [0.1, 0.15) is 0 Å². The van der Waals surface area contributed by atoms with Crippen LogP contribution in [0.15, 0.2) is 0 Å². The van der Waals surface area contributed by atoms with E-state index in [9.17, 15) is 0 Å². The summed E-state index contributed by atoms with van der Waals surface area (Å²) < 4.78 is 0. The molecule has 0 radical (unpaired) electrons. The summed E-state index contributed by atoms with van der Waals surface area (Å²) in [6.07, 6.45) is 10.7. The molecule has 1 nitrogen and oxygen atoms in total. The first-order valence-electron chi connectivity index (χ1n) is 6.09. The monoisotopic (exact) mass is 215 g/mol. The second-order valence-corrected chi connectivity index (χ2v) is 5.41. The van der Waals surface area contributed by atoms with E-state index >= 15 is 0 Å². The molecular formula is C12H25NS. The average Bonchev–Trinajstić information content (AvgIpc) is 2.43. The summed E-state index contributed by atoms with van der Waals surface area (Å²) in [7, 11) is 0. The van der Waals surface area contributed by atoms with Crippen LogP contribution in [0.3, 0.4) is 0 Å². The van der Waals surface area contributed by atoms with Crippen LogP contribution in [0.2, 0.25) is 0 Å². The summed E-state index contributed by atoms with van der Waals surface area (Å²) >= 11 is 1.94. The van der Waals surface area contributed by atoms with Gasteiger partial charge in [0, 0.05) is 18.3 Å². The van der Waals surface area contributed by atoms with Crippen molar-refractivity contribution in [2.75, 3.05) is 18.6 Å². The van der Waals surface area contributed by atoms with Crippen molar-refractivity contribution >= 4 is 11.8 Å². The number of nitrogens with one attached hydrogen (secondary N) is 1. The predicted molar refractivity (Wildman–Crippen MR) is 67.0 cm³/mol. The van der Waals surface area contributed by atoms with Crippen molar-refractivity contribution in [2.45, 2.75) is 51.5 Å². The van der Waals surface area contributed by atoms with Crippen LogP contribution in [0.25, 0.3) is 0 Å². The van der Waals surface area contributed by atoms with Crippen LogP contribution in [0.1, 0.15) is 45.4 Å². The molecule has 14 heavy (non-hydrogen) atoms. The van der Waals surface area contributed by atoms with Crippen molar-refractivity contribution in [1.82, 2.24) is 5.32 Å². The highest BCUT2D eigenvalue weighted by atomic mass is 32.2. The summed E-state index contributed by atoms with van der Waals surface area (Å²) in [5.41, 5.74) is 0. The number of thioether (sulfide) groups is 1. The molecule has 84 valence electrons. The second-order valence-electron chi connectivity index (χ2n) is 4.43. The molecular weight excluding hydrogens is 190 g/mol. The molecule has 0 aromatic carbocycles. The zero-order valence-corrected chi connectivity index (χ0v) is 10.5. The number of hydrogen-bond donors (Lipinski definition) is 1. The van der Waals surface area contributed by atoms with Crippen molar-refractivity contribution in [3.8, 4) is 0 Å². The smallest absolute Gasteiger partial charge is 0.00675 e. The lowest BCUT2D eigenvalue weighted by Crippen LogP contribution is -2.30. The normalized spacial score (nSPS) is 28.7. The molecule has 0 bridgehead atoms. The predicted octanol–water partition coefficient (Wildman–Crippen LogP) is 3.30. The lowest BCUT2D eigenvalue weighted by Gasteiger charge is -2.16. The van der Waals surface area contributed by atoms with E-state index in [1.807, 2.05) is 11.8 Å². The van der Waals surface area contributed by atoms with E-state index in [1.165, 1.54) is 50.8 Å². The lowest BCUT2D eigenvalue weighted by molar-refractivity contribution is 0.430. The summed E-state index contributed by atoms with van der Waals surface area (Å²) in [6, 6.07) is 0.818. The van der Waals surface area contributed by atoms with Gasteiger partial charge in [-0.2, -0.15) is 11.8 Å². The van der Waals surface area contributed by atoms with E-state index < -0.39 is 0 Å². The highest BCUT2D eigenvalue weighted by Crippen LogP contribution is 2.25. The number of hydrogen-bond acceptors (Lipinski definition) is 2. The maximum atomic E-state index is 3.69. The molecule has 2 unspecified atom stereocenters. The van der Waals surface area contributed by atoms with Crippen LogP contribution >= 0.6 is 11.8 Å². The Bertz CT molecular complexity index is 138. The maximum Gasteiger partial charge on any atom is 0.00675 e. The largest absolute Gasteiger partial charge is 0.313 e. The quantitative estimate of drug-likeness (QED) is 0.558. The molecule has 0 amide bonds. The minimum Gasteiger partial charge on any atom is -0.313 e. The Morgan fingerprint density at radius 2 is 2.07 bits per heavy atom. The minimum atomic E-state index is 0.818. The Labute approximate surface area is 93.4 Å². The van der Waals surface area contributed by atoms with E-state index in [-0.39, 0.29) is 0 Å². The average molecular weight is 215 g/mol. The van der Waals surface area contributed by atoms with E-state index in [1.54, 1.807) is 0 Å². The fourth-order valence-corrected chi connectivity index (χ4v) is 2.68. The first kappa shape index (κ1) is 12.4. The maximum absolute atomic E-state index is 3.69. The molecule has 1 aliphatic carbocycles. The Balaban J connectivity index is 2.14. The van der Waals surface area contributed by atoms with Crippen LogP contribution in [0.5, 0.6) is 0 Å². The zero-order chi connectivity index (χ0) is 10.2. The van der Waals surface area contributed by atoms with Crippen molar-refractivity contribution in [3.63, 3.8) is 0 Å². The molecule has 1 aliphatic rings. The van der Waals surface area contributed by atoms with Gasteiger partial charge >= 0.3 is 0 Å². The highest BCUT2D eigenvalue weighted by Gasteiger charge is 2.16. The fraction of sp³-hybridized carbons (Fsp3) is 1.00. The van der Waals surface area contributed by atoms with Crippen LogP contribution in [-0.2, 0) is 0 Å². The lowest BCUT2D eigenvalue weighted by atomic mass is 9.98. The van der Waals surface area contributed by atoms with Crippen molar-refractivity contribution in [3.05, 3.63) is 0 Å². The summed E-state index contributed by atoms with van der Waals surface area (Å²) in [5.74, 6) is 2.27. The Hall–Kier alpha value is 0.310. The summed E-state index contributed by atoms with van der Waals surface area (Å²) in [4.78, 5) is 0. The van der Waals surface area contributed by atoms with Crippen molar-refractivity contribution in [1.29, 1.82) is 0 Å².